The summed E-state index contributed by atoms with van der Waals surface area (Å²) < 4.78 is 12.6. The molecule has 2 aliphatic heterocycles. The van der Waals surface area contributed by atoms with Gasteiger partial charge in [0.25, 0.3) is 5.91 Å². The zero-order valence-electron chi connectivity index (χ0n) is 16.2. The lowest BCUT2D eigenvalue weighted by molar-refractivity contribution is 0.100. The first-order valence-corrected chi connectivity index (χ1v) is 9.82. The number of amides is 1. The second-order valence-electron chi connectivity index (χ2n) is 7.73. The summed E-state index contributed by atoms with van der Waals surface area (Å²) in [5.41, 5.74) is 0.701. The Hall–Kier alpha value is -3.13. The normalized spacial score (nSPS) is 20.9. The second-order valence-corrected chi connectivity index (χ2v) is 7.73. The average Bonchev–Trinajstić information content (AvgIpc) is 3.46. The van der Waals surface area contributed by atoms with Crippen LogP contribution in [0.1, 0.15) is 22.2 Å². The van der Waals surface area contributed by atoms with E-state index in [9.17, 15) is 4.79 Å². The zero-order chi connectivity index (χ0) is 19.8. The third kappa shape index (κ3) is 3.51. The first kappa shape index (κ1) is 17.9. The third-order valence-corrected chi connectivity index (χ3v) is 5.85. The van der Waals surface area contributed by atoms with Gasteiger partial charge in [0.05, 0.1) is 19.9 Å². The van der Waals surface area contributed by atoms with Gasteiger partial charge in [-0.05, 0) is 48.2 Å². The second kappa shape index (κ2) is 7.36. The summed E-state index contributed by atoms with van der Waals surface area (Å²) in [6.07, 6.45) is 2.57. The van der Waals surface area contributed by atoms with Gasteiger partial charge in [0.2, 0.25) is 5.82 Å². The molecule has 29 heavy (non-hydrogen) atoms. The molecule has 150 valence electrons. The van der Waals surface area contributed by atoms with E-state index in [1.807, 2.05) is 41.0 Å². The Morgan fingerprint density at radius 2 is 2.00 bits per heavy atom. The standard InChI is InChI=1S/C21H23N5O3/c1-28-17-6-4-16(5-7-17)22-21(27)20-24-23-19-9-14-10-25(11-15(14)12-26(19)20)13-18-3-2-8-29-18/h2-8,14-15H,9-13H2,1H3,(H,22,27)/t14-,15+/m1/s1. The van der Waals surface area contributed by atoms with Gasteiger partial charge in [-0.3, -0.25) is 9.69 Å². The Morgan fingerprint density at radius 3 is 2.76 bits per heavy atom. The van der Waals surface area contributed by atoms with E-state index in [1.54, 1.807) is 13.4 Å². The summed E-state index contributed by atoms with van der Waals surface area (Å²) in [5.74, 6) is 3.79. The van der Waals surface area contributed by atoms with Crippen LogP contribution in [0.15, 0.2) is 47.1 Å². The molecule has 0 bridgehead atoms. The first-order chi connectivity index (χ1) is 14.2. The van der Waals surface area contributed by atoms with Crippen LogP contribution in [0.25, 0.3) is 0 Å². The molecule has 0 saturated carbocycles. The molecule has 2 aromatic heterocycles. The number of benzene rings is 1. The maximum atomic E-state index is 12.8. The molecule has 0 aliphatic carbocycles. The SMILES string of the molecule is COc1ccc(NC(=O)c2nnc3n2C[C@@H]2CN(Cc4ccco4)C[C@H]2C3)cc1. The summed E-state index contributed by atoms with van der Waals surface area (Å²) in [6, 6.07) is 11.2. The number of rotatable bonds is 5. The molecule has 2 aliphatic rings. The van der Waals surface area contributed by atoms with Gasteiger partial charge in [-0.25, -0.2) is 0 Å². The molecule has 1 amide bonds. The van der Waals surface area contributed by atoms with Crippen LogP contribution in [0.2, 0.25) is 0 Å². The number of methoxy groups -OCH3 is 1. The van der Waals surface area contributed by atoms with E-state index in [2.05, 4.69) is 20.4 Å². The molecule has 5 rings (SSSR count). The van der Waals surface area contributed by atoms with Crippen molar-refractivity contribution in [3.63, 3.8) is 0 Å². The van der Waals surface area contributed by atoms with Gasteiger partial charge in [0.15, 0.2) is 0 Å². The topological polar surface area (TPSA) is 85.4 Å². The number of nitrogens with one attached hydrogen (secondary N) is 1. The fourth-order valence-electron chi connectivity index (χ4n) is 4.40. The number of likely N-dealkylation sites (tertiary alicyclic amines) is 1. The van der Waals surface area contributed by atoms with Crippen LogP contribution in [0.3, 0.4) is 0 Å². The summed E-state index contributed by atoms with van der Waals surface area (Å²) in [4.78, 5) is 15.2. The minimum atomic E-state index is -0.238. The van der Waals surface area contributed by atoms with E-state index in [4.69, 9.17) is 9.15 Å². The van der Waals surface area contributed by atoms with Crippen LogP contribution >= 0.6 is 0 Å². The predicted molar refractivity (Wildman–Crippen MR) is 106 cm³/mol. The van der Waals surface area contributed by atoms with Gasteiger partial charge >= 0.3 is 0 Å². The molecular formula is C21H23N5O3. The number of carbonyl (C=O) groups excluding carboxylic acids is 1. The quantitative estimate of drug-likeness (QED) is 0.717. The molecule has 2 atom stereocenters. The highest BCUT2D eigenvalue weighted by atomic mass is 16.5. The van der Waals surface area contributed by atoms with Crippen molar-refractivity contribution in [2.45, 2.75) is 19.5 Å². The molecular weight excluding hydrogens is 370 g/mol. The van der Waals surface area contributed by atoms with E-state index >= 15 is 0 Å². The molecule has 1 saturated heterocycles. The van der Waals surface area contributed by atoms with Crippen molar-refractivity contribution in [2.24, 2.45) is 11.8 Å². The van der Waals surface area contributed by atoms with Gasteiger partial charge in [-0.1, -0.05) is 0 Å². The van der Waals surface area contributed by atoms with E-state index < -0.39 is 0 Å². The Bertz CT molecular complexity index is 996. The number of furan rings is 1. The van der Waals surface area contributed by atoms with E-state index in [0.717, 1.165) is 49.9 Å². The zero-order valence-corrected chi connectivity index (χ0v) is 16.2. The smallest absolute Gasteiger partial charge is 0.293 e. The van der Waals surface area contributed by atoms with Crippen LogP contribution in [-0.2, 0) is 19.5 Å². The lowest BCUT2D eigenvalue weighted by atomic mass is 9.89. The van der Waals surface area contributed by atoms with Gasteiger partial charge in [-0.15, -0.1) is 10.2 Å². The molecule has 0 radical (unpaired) electrons. The lowest BCUT2D eigenvalue weighted by Crippen LogP contribution is -2.31. The molecule has 1 aromatic carbocycles. The number of hydrogen-bond donors (Lipinski definition) is 1. The number of aromatic nitrogens is 3. The molecule has 0 spiro atoms. The van der Waals surface area contributed by atoms with Crippen molar-refractivity contribution in [2.75, 3.05) is 25.5 Å². The summed E-state index contributed by atoms with van der Waals surface area (Å²) in [7, 11) is 1.61. The van der Waals surface area contributed by atoms with Crippen LogP contribution in [-0.4, -0.2) is 45.8 Å². The van der Waals surface area contributed by atoms with E-state index in [1.165, 1.54) is 0 Å². The van der Waals surface area contributed by atoms with Crippen molar-refractivity contribution in [1.82, 2.24) is 19.7 Å². The van der Waals surface area contributed by atoms with E-state index in [-0.39, 0.29) is 5.91 Å². The number of carbonyl (C=O) groups is 1. The van der Waals surface area contributed by atoms with Gasteiger partial charge < -0.3 is 19.0 Å². The highest BCUT2D eigenvalue weighted by molar-refractivity contribution is 6.01. The molecule has 8 heteroatoms. The molecule has 0 unspecified atom stereocenters. The van der Waals surface area contributed by atoms with Crippen molar-refractivity contribution in [3.05, 3.63) is 60.1 Å². The van der Waals surface area contributed by atoms with Gasteiger partial charge in [-0.2, -0.15) is 0 Å². The molecule has 1 N–H and O–H groups in total. The molecule has 3 aromatic rings. The Morgan fingerprint density at radius 1 is 1.17 bits per heavy atom. The molecule has 8 nitrogen and oxygen atoms in total. The number of anilines is 1. The lowest BCUT2D eigenvalue weighted by Gasteiger charge is -2.25. The van der Waals surface area contributed by atoms with Crippen LogP contribution in [0.4, 0.5) is 5.69 Å². The van der Waals surface area contributed by atoms with Gasteiger partial charge in [0, 0.05) is 31.7 Å². The highest BCUT2D eigenvalue weighted by Gasteiger charge is 2.39. The van der Waals surface area contributed by atoms with Crippen LogP contribution in [0.5, 0.6) is 5.75 Å². The van der Waals surface area contributed by atoms with Crippen LogP contribution in [0, 0.1) is 11.8 Å². The highest BCUT2D eigenvalue weighted by Crippen LogP contribution is 2.33. The Labute approximate surface area is 168 Å². The summed E-state index contributed by atoms with van der Waals surface area (Å²) >= 11 is 0. The summed E-state index contributed by atoms with van der Waals surface area (Å²) in [6.45, 7) is 3.60. The monoisotopic (exact) mass is 393 g/mol. The van der Waals surface area contributed by atoms with Crippen molar-refractivity contribution in [1.29, 1.82) is 0 Å². The van der Waals surface area contributed by atoms with Crippen molar-refractivity contribution >= 4 is 11.6 Å². The van der Waals surface area contributed by atoms with E-state index in [0.29, 0.717) is 23.3 Å². The first-order valence-electron chi connectivity index (χ1n) is 9.82. The average molecular weight is 393 g/mol. The van der Waals surface area contributed by atoms with Crippen molar-refractivity contribution in [3.8, 4) is 5.75 Å². The summed E-state index contributed by atoms with van der Waals surface area (Å²) in [5, 5.41) is 11.4. The molecule has 4 heterocycles. The Kier molecular flexibility index (Phi) is 4.55. The number of fused-ring (bicyclic) bond motifs is 2. The Balaban J connectivity index is 1.27. The maximum Gasteiger partial charge on any atom is 0.293 e. The number of nitrogens with zero attached hydrogens (tertiary/aromatic N) is 4. The molecule has 1 fully saturated rings. The maximum absolute atomic E-state index is 12.8. The minimum Gasteiger partial charge on any atom is -0.497 e. The fourth-order valence-corrected chi connectivity index (χ4v) is 4.40. The minimum absolute atomic E-state index is 0.238. The number of ether oxygens (including phenoxy) is 1. The third-order valence-electron chi connectivity index (χ3n) is 5.85. The predicted octanol–water partition coefficient (Wildman–Crippen LogP) is 2.44. The fraction of sp³-hybridized carbons (Fsp3) is 0.381. The van der Waals surface area contributed by atoms with Crippen LogP contribution < -0.4 is 10.1 Å². The van der Waals surface area contributed by atoms with Crippen molar-refractivity contribution < 1.29 is 13.9 Å². The number of hydrogen-bond acceptors (Lipinski definition) is 6. The largest absolute Gasteiger partial charge is 0.497 e. The van der Waals surface area contributed by atoms with Gasteiger partial charge in [0.1, 0.15) is 17.3 Å².